The number of imidazole rings is 1. The molecule has 27 heavy (non-hydrogen) atoms. The number of nitrogens with one attached hydrogen (secondary N) is 2. The van der Waals surface area contributed by atoms with Gasteiger partial charge < -0.3 is 15.2 Å². The number of carbonyl (C=O) groups excluding carboxylic acids is 2. The maximum absolute atomic E-state index is 12.3. The van der Waals surface area contributed by atoms with Gasteiger partial charge in [0, 0.05) is 25.6 Å². The van der Waals surface area contributed by atoms with Gasteiger partial charge in [-0.1, -0.05) is 30.3 Å². The van der Waals surface area contributed by atoms with E-state index in [0.717, 1.165) is 35.3 Å². The Hall–Kier alpha value is -3.15. The van der Waals surface area contributed by atoms with Gasteiger partial charge in [0.05, 0.1) is 23.5 Å². The van der Waals surface area contributed by atoms with E-state index in [2.05, 4.69) is 26.3 Å². The summed E-state index contributed by atoms with van der Waals surface area (Å²) in [4.78, 5) is 28.8. The van der Waals surface area contributed by atoms with E-state index in [1.165, 1.54) is 0 Å². The second-order valence-electron chi connectivity index (χ2n) is 6.85. The predicted octanol–water partition coefficient (Wildman–Crippen LogP) is 2.50. The molecule has 2 heterocycles. The van der Waals surface area contributed by atoms with Gasteiger partial charge in [0.15, 0.2) is 0 Å². The van der Waals surface area contributed by atoms with Crippen molar-refractivity contribution < 1.29 is 9.59 Å². The molecule has 4 rings (SSSR count). The summed E-state index contributed by atoms with van der Waals surface area (Å²) in [7, 11) is 2.02. The van der Waals surface area contributed by atoms with Crippen LogP contribution in [0.4, 0.5) is 0 Å². The number of aryl methyl sites for hydroxylation is 2. The SMILES string of the molecule is Cn1c(CCCNC(=O)C[C@H]2NC(=O)c3ccccc32)nc2ccccc21. The van der Waals surface area contributed by atoms with Gasteiger partial charge in [-0.15, -0.1) is 0 Å². The average Bonchev–Trinajstić information content (AvgIpc) is 3.17. The van der Waals surface area contributed by atoms with Crippen molar-refractivity contribution in [1.29, 1.82) is 0 Å². The average molecular weight is 362 g/mol. The van der Waals surface area contributed by atoms with Crippen molar-refractivity contribution >= 4 is 22.8 Å². The maximum atomic E-state index is 12.3. The first-order valence-electron chi connectivity index (χ1n) is 9.20. The fourth-order valence-corrected chi connectivity index (χ4v) is 3.63. The van der Waals surface area contributed by atoms with E-state index in [9.17, 15) is 9.59 Å². The Balaban J connectivity index is 1.28. The molecule has 2 amide bonds. The van der Waals surface area contributed by atoms with Crippen LogP contribution in [0.1, 0.15) is 40.6 Å². The first-order valence-corrected chi connectivity index (χ1v) is 9.20. The number of benzene rings is 2. The number of para-hydroxylation sites is 2. The highest BCUT2D eigenvalue weighted by Crippen LogP contribution is 2.27. The van der Waals surface area contributed by atoms with E-state index in [-0.39, 0.29) is 24.3 Å². The van der Waals surface area contributed by atoms with E-state index in [1.54, 1.807) is 6.07 Å². The van der Waals surface area contributed by atoms with Crippen LogP contribution in [0.25, 0.3) is 11.0 Å². The third kappa shape index (κ3) is 3.43. The highest BCUT2D eigenvalue weighted by molar-refractivity contribution is 5.99. The van der Waals surface area contributed by atoms with Crippen molar-refractivity contribution in [3.05, 3.63) is 65.5 Å². The second-order valence-corrected chi connectivity index (χ2v) is 6.85. The van der Waals surface area contributed by atoms with Crippen LogP contribution in [0, 0.1) is 0 Å². The largest absolute Gasteiger partial charge is 0.356 e. The third-order valence-electron chi connectivity index (χ3n) is 5.05. The molecule has 2 N–H and O–H groups in total. The lowest BCUT2D eigenvalue weighted by molar-refractivity contribution is -0.121. The molecule has 0 aliphatic carbocycles. The Morgan fingerprint density at radius 1 is 1.19 bits per heavy atom. The number of hydrogen-bond donors (Lipinski definition) is 2. The van der Waals surface area contributed by atoms with Crippen LogP contribution >= 0.6 is 0 Å². The summed E-state index contributed by atoms with van der Waals surface area (Å²) in [5.74, 6) is 0.856. The summed E-state index contributed by atoms with van der Waals surface area (Å²) in [6.45, 7) is 0.588. The molecule has 0 radical (unpaired) electrons. The van der Waals surface area contributed by atoms with Gasteiger partial charge in [-0.3, -0.25) is 9.59 Å². The molecule has 1 aromatic heterocycles. The molecule has 0 saturated carbocycles. The minimum absolute atomic E-state index is 0.0537. The zero-order chi connectivity index (χ0) is 18.8. The van der Waals surface area contributed by atoms with Gasteiger partial charge in [-0.05, 0) is 30.2 Å². The summed E-state index contributed by atoms with van der Waals surface area (Å²) >= 11 is 0. The van der Waals surface area contributed by atoms with Gasteiger partial charge in [0.1, 0.15) is 5.82 Å². The molecule has 1 aliphatic rings. The molecule has 0 bridgehead atoms. The van der Waals surface area contributed by atoms with E-state index >= 15 is 0 Å². The van der Waals surface area contributed by atoms with Crippen molar-refractivity contribution in [3.8, 4) is 0 Å². The lowest BCUT2D eigenvalue weighted by Crippen LogP contribution is -2.29. The van der Waals surface area contributed by atoms with Crippen molar-refractivity contribution in [2.45, 2.75) is 25.3 Å². The molecule has 0 fully saturated rings. The summed E-state index contributed by atoms with van der Waals surface area (Å²) in [6, 6.07) is 15.2. The molecule has 0 unspecified atom stereocenters. The number of carbonyl (C=O) groups is 2. The minimum atomic E-state index is -0.242. The van der Waals surface area contributed by atoms with E-state index in [0.29, 0.717) is 12.1 Å². The van der Waals surface area contributed by atoms with Crippen LogP contribution in [0.5, 0.6) is 0 Å². The van der Waals surface area contributed by atoms with Crippen LogP contribution in [-0.4, -0.2) is 27.9 Å². The molecule has 3 aromatic rings. The van der Waals surface area contributed by atoms with Crippen molar-refractivity contribution in [2.24, 2.45) is 7.05 Å². The molecule has 0 saturated heterocycles. The maximum Gasteiger partial charge on any atom is 0.252 e. The Bertz CT molecular complexity index is 1010. The van der Waals surface area contributed by atoms with Gasteiger partial charge in [-0.2, -0.15) is 0 Å². The molecule has 1 atom stereocenters. The van der Waals surface area contributed by atoms with Crippen LogP contribution in [0.15, 0.2) is 48.5 Å². The van der Waals surface area contributed by atoms with Crippen LogP contribution in [0.3, 0.4) is 0 Å². The third-order valence-corrected chi connectivity index (χ3v) is 5.05. The zero-order valence-electron chi connectivity index (χ0n) is 15.2. The highest BCUT2D eigenvalue weighted by atomic mass is 16.2. The Morgan fingerprint density at radius 3 is 2.81 bits per heavy atom. The Morgan fingerprint density at radius 2 is 1.96 bits per heavy atom. The first kappa shape index (κ1) is 17.3. The first-order chi connectivity index (χ1) is 13.1. The Kier molecular flexibility index (Phi) is 4.62. The number of fused-ring (bicyclic) bond motifs is 2. The quantitative estimate of drug-likeness (QED) is 0.662. The summed E-state index contributed by atoms with van der Waals surface area (Å²) in [5, 5.41) is 5.83. The van der Waals surface area contributed by atoms with Gasteiger partial charge in [0.2, 0.25) is 5.91 Å². The number of aromatic nitrogens is 2. The lowest BCUT2D eigenvalue weighted by atomic mass is 10.0. The topological polar surface area (TPSA) is 76.0 Å². The molecule has 6 heteroatoms. The van der Waals surface area contributed by atoms with Crippen molar-refractivity contribution in [3.63, 3.8) is 0 Å². The monoisotopic (exact) mass is 362 g/mol. The van der Waals surface area contributed by atoms with E-state index < -0.39 is 0 Å². The molecular formula is C21H22N4O2. The molecule has 6 nitrogen and oxygen atoms in total. The van der Waals surface area contributed by atoms with Gasteiger partial charge in [-0.25, -0.2) is 4.98 Å². The molecule has 1 aliphatic heterocycles. The van der Waals surface area contributed by atoms with Crippen molar-refractivity contribution in [2.75, 3.05) is 6.54 Å². The number of hydrogen-bond acceptors (Lipinski definition) is 3. The summed E-state index contributed by atoms with van der Waals surface area (Å²) in [6.07, 6.45) is 1.88. The minimum Gasteiger partial charge on any atom is -0.356 e. The van der Waals surface area contributed by atoms with E-state index in [4.69, 9.17) is 0 Å². The molecular weight excluding hydrogens is 340 g/mol. The van der Waals surface area contributed by atoms with Gasteiger partial charge in [0.25, 0.3) is 5.91 Å². The van der Waals surface area contributed by atoms with Crippen LogP contribution in [0.2, 0.25) is 0 Å². The molecule has 138 valence electrons. The molecule has 2 aromatic carbocycles. The fourth-order valence-electron chi connectivity index (χ4n) is 3.63. The molecule has 0 spiro atoms. The standard InChI is InChI=1S/C21H22N4O2/c1-25-18-10-5-4-9-16(18)23-19(25)11-6-12-22-20(26)13-17-14-7-2-3-8-15(14)21(27)24-17/h2-5,7-10,17H,6,11-13H2,1H3,(H,22,26)(H,24,27)/t17-/m1/s1. The normalized spacial score (nSPS) is 15.6. The fraction of sp³-hybridized carbons (Fsp3) is 0.286. The number of rotatable bonds is 6. The summed E-state index contributed by atoms with van der Waals surface area (Å²) in [5.41, 5.74) is 3.68. The lowest BCUT2D eigenvalue weighted by Gasteiger charge is -2.12. The summed E-state index contributed by atoms with van der Waals surface area (Å²) < 4.78 is 2.10. The smallest absolute Gasteiger partial charge is 0.252 e. The van der Waals surface area contributed by atoms with Gasteiger partial charge >= 0.3 is 0 Å². The van der Waals surface area contributed by atoms with Crippen LogP contribution in [-0.2, 0) is 18.3 Å². The number of amides is 2. The Labute approximate surface area is 157 Å². The van der Waals surface area contributed by atoms with Crippen molar-refractivity contribution in [1.82, 2.24) is 20.2 Å². The zero-order valence-corrected chi connectivity index (χ0v) is 15.2. The number of nitrogens with zero attached hydrogens (tertiary/aromatic N) is 2. The van der Waals surface area contributed by atoms with Crippen LogP contribution < -0.4 is 10.6 Å². The van der Waals surface area contributed by atoms with E-state index in [1.807, 2.05) is 43.4 Å². The highest BCUT2D eigenvalue weighted by Gasteiger charge is 2.29. The second kappa shape index (κ2) is 7.23. The predicted molar refractivity (Wildman–Crippen MR) is 103 cm³/mol.